The maximum atomic E-state index is 4.40. The van der Waals surface area contributed by atoms with E-state index in [-0.39, 0.29) is 0 Å². The lowest BCUT2D eigenvalue weighted by atomic mass is 10.2. The highest BCUT2D eigenvalue weighted by atomic mass is 15.1. The van der Waals surface area contributed by atoms with Crippen LogP contribution >= 0.6 is 0 Å². The molecule has 0 aliphatic carbocycles. The average molecular weight is 201 g/mol. The van der Waals surface area contributed by atoms with Crippen LogP contribution in [0.1, 0.15) is 12.8 Å². The number of rotatable bonds is 2. The SMILES string of the molecule is c1ccc2c(c1)ncn2C[C@@H]1CCCN1. The van der Waals surface area contributed by atoms with Crippen molar-refractivity contribution in [2.75, 3.05) is 6.54 Å². The topological polar surface area (TPSA) is 29.9 Å². The molecule has 0 saturated carbocycles. The van der Waals surface area contributed by atoms with Crippen LogP contribution in [-0.4, -0.2) is 22.1 Å². The number of nitrogens with zero attached hydrogens (tertiary/aromatic N) is 2. The maximum Gasteiger partial charge on any atom is 0.0958 e. The third-order valence-electron chi connectivity index (χ3n) is 3.11. The van der Waals surface area contributed by atoms with Crippen LogP contribution in [0.3, 0.4) is 0 Å². The van der Waals surface area contributed by atoms with Gasteiger partial charge in [-0.05, 0) is 31.5 Å². The number of hydrogen-bond donors (Lipinski definition) is 1. The van der Waals surface area contributed by atoms with Gasteiger partial charge in [-0.25, -0.2) is 4.98 Å². The van der Waals surface area contributed by atoms with E-state index in [9.17, 15) is 0 Å². The summed E-state index contributed by atoms with van der Waals surface area (Å²) in [4.78, 5) is 4.40. The molecule has 3 heteroatoms. The fourth-order valence-electron chi connectivity index (χ4n) is 2.31. The van der Waals surface area contributed by atoms with Gasteiger partial charge in [0.2, 0.25) is 0 Å². The Bertz CT molecular complexity index is 455. The van der Waals surface area contributed by atoms with E-state index in [1.807, 2.05) is 12.4 Å². The number of fused-ring (bicyclic) bond motifs is 1. The van der Waals surface area contributed by atoms with Crippen LogP contribution in [0.25, 0.3) is 11.0 Å². The van der Waals surface area contributed by atoms with Gasteiger partial charge in [-0.1, -0.05) is 12.1 Å². The van der Waals surface area contributed by atoms with Crippen molar-refractivity contribution in [3.05, 3.63) is 30.6 Å². The zero-order valence-corrected chi connectivity index (χ0v) is 8.69. The highest BCUT2D eigenvalue weighted by Gasteiger charge is 2.15. The van der Waals surface area contributed by atoms with Crippen molar-refractivity contribution in [1.29, 1.82) is 0 Å². The van der Waals surface area contributed by atoms with Gasteiger partial charge in [-0.2, -0.15) is 0 Å². The highest BCUT2D eigenvalue weighted by molar-refractivity contribution is 5.74. The van der Waals surface area contributed by atoms with Gasteiger partial charge in [0, 0.05) is 12.6 Å². The van der Waals surface area contributed by atoms with Crippen LogP contribution in [-0.2, 0) is 6.54 Å². The normalized spacial score (nSPS) is 21.2. The van der Waals surface area contributed by atoms with Crippen molar-refractivity contribution in [3.63, 3.8) is 0 Å². The number of imidazole rings is 1. The third kappa shape index (κ3) is 1.63. The molecule has 0 unspecified atom stereocenters. The fourth-order valence-corrected chi connectivity index (χ4v) is 2.31. The van der Waals surface area contributed by atoms with Gasteiger partial charge in [-0.3, -0.25) is 0 Å². The molecule has 0 radical (unpaired) electrons. The van der Waals surface area contributed by atoms with Gasteiger partial charge in [0.05, 0.1) is 17.4 Å². The average Bonchev–Trinajstić information content (AvgIpc) is 2.89. The summed E-state index contributed by atoms with van der Waals surface area (Å²) in [7, 11) is 0. The molecule has 0 amide bonds. The first-order chi connectivity index (χ1) is 7.43. The monoisotopic (exact) mass is 201 g/mol. The molecule has 2 heterocycles. The van der Waals surface area contributed by atoms with Crippen LogP contribution in [0.4, 0.5) is 0 Å². The lowest BCUT2D eigenvalue weighted by Gasteiger charge is -2.11. The van der Waals surface area contributed by atoms with E-state index in [4.69, 9.17) is 0 Å². The standard InChI is InChI=1S/C12H15N3/c1-2-6-12-11(5-1)14-9-15(12)8-10-4-3-7-13-10/h1-2,5-6,9-10,13H,3-4,7-8H2/t10-/m0/s1. The van der Waals surface area contributed by atoms with E-state index in [0.29, 0.717) is 6.04 Å². The second kappa shape index (κ2) is 3.66. The van der Waals surface area contributed by atoms with Gasteiger partial charge < -0.3 is 9.88 Å². The summed E-state index contributed by atoms with van der Waals surface area (Å²) in [6, 6.07) is 8.93. The molecular weight excluding hydrogens is 186 g/mol. The lowest BCUT2D eigenvalue weighted by Crippen LogP contribution is -2.26. The van der Waals surface area contributed by atoms with Gasteiger partial charge in [0.25, 0.3) is 0 Å². The summed E-state index contributed by atoms with van der Waals surface area (Å²) in [5.41, 5.74) is 2.33. The molecule has 3 nitrogen and oxygen atoms in total. The molecule has 1 atom stereocenters. The molecule has 1 aliphatic heterocycles. The Labute approximate surface area is 89.1 Å². The smallest absolute Gasteiger partial charge is 0.0958 e. The summed E-state index contributed by atoms with van der Waals surface area (Å²) in [6.07, 6.45) is 4.54. The summed E-state index contributed by atoms with van der Waals surface area (Å²) >= 11 is 0. The van der Waals surface area contributed by atoms with Crippen molar-refractivity contribution < 1.29 is 0 Å². The predicted octanol–water partition coefficient (Wildman–Crippen LogP) is 1.79. The second-order valence-corrected chi connectivity index (χ2v) is 4.18. The van der Waals surface area contributed by atoms with Crippen molar-refractivity contribution in [3.8, 4) is 0 Å². The van der Waals surface area contributed by atoms with Crippen molar-refractivity contribution in [2.45, 2.75) is 25.4 Å². The van der Waals surface area contributed by atoms with Gasteiger partial charge in [-0.15, -0.1) is 0 Å². The lowest BCUT2D eigenvalue weighted by molar-refractivity contribution is 0.517. The van der Waals surface area contributed by atoms with Crippen LogP contribution in [0.2, 0.25) is 0 Å². The molecule has 3 rings (SSSR count). The summed E-state index contributed by atoms with van der Waals surface area (Å²) < 4.78 is 2.25. The Morgan fingerprint density at radius 3 is 3.20 bits per heavy atom. The molecular formula is C12H15N3. The van der Waals surface area contributed by atoms with Crippen LogP contribution in [0, 0.1) is 0 Å². The largest absolute Gasteiger partial charge is 0.329 e. The van der Waals surface area contributed by atoms with E-state index < -0.39 is 0 Å². The Morgan fingerprint density at radius 1 is 1.40 bits per heavy atom. The zero-order chi connectivity index (χ0) is 10.1. The number of hydrogen-bond acceptors (Lipinski definition) is 2. The predicted molar refractivity (Wildman–Crippen MR) is 60.8 cm³/mol. The number of para-hydroxylation sites is 2. The van der Waals surface area contributed by atoms with Crippen LogP contribution in [0.15, 0.2) is 30.6 Å². The second-order valence-electron chi connectivity index (χ2n) is 4.18. The van der Waals surface area contributed by atoms with Crippen molar-refractivity contribution >= 4 is 11.0 Å². The van der Waals surface area contributed by atoms with Gasteiger partial charge in [0.15, 0.2) is 0 Å². The van der Waals surface area contributed by atoms with Crippen molar-refractivity contribution in [1.82, 2.24) is 14.9 Å². The minimum Gasteiger partial charge on any atom is -0.329 e. The zero-order valence-electron chi connectivity index (χ0n) is 8.69. The number of nitrogens with one attached hydrogen (secondary N) is 1. The van der Waals surface area contributed by atoms with E-state index in [0.717, 1.165) is 18.6 Å². The molecule has 1 aliphatic rings. The molecule has 1 aromatic heterocycles. The molecule has 0 spiro atoms. The first-order valence-electron chi connectivity index (χ1n) is 5.57. The molecule has 0 bridgehead atoms. The van der Waals surface area contributed by atoms with E-state index in [2.05, 4.69) is 33.1 Å². The van der Waals surface area contributed by atoms with Crippen molar-refractivity contribution in [2.24, 2.45) is 0 Å². The van der Waals surface area contributed by atoms with Crippen LogP contribution in [0.5, 0.6) is 0 Å². The highest BCUT2D eigenvalue weighted by Crippen LogP contribution is 2.14. The molecule has 1 fully saturated rings. The number of aromatic nitrogens is 2. The molecule has 78 valence electrons. The van der Waals surface area contributed by atoms with E-state index in [1.54, 1.807) is 0 Å². The Balaban J connectivity index is 1.90. The maximum absolute atomic E-state index is 4.40. The molecule has 1 saturated heterocycles. The Hall–Kier alpha value is -1.35. The molecule has 2 aromatic rings. The minimum absolute atomic E-state index is 0.627. The molecule has 15 heavy (non-hydrogen) atoms. The first kappa shape index (κ1) is 8.92. The molecule has 1 N–H and O–H groups in total. The van der Waals surface area contributed by atoms with E-state index >= 15 is 0 Å². The Morgan fingerprint density at radius 2 is 2.33 bits per heavy atom. The van der Waals surface area contributed by atoms with Gasteiger partial charge in [0.1, 0.15) is 0 Å². The quantitative estimate of drug-likeness (QED) is 0.802. The van der Waals surface area contributed by atoms with Crippen LogP contribution < -0.4 is 5.32 Å². The number of benzene rings is 1. The first-order valence-corrected chi connectivity index (χ1v) is 5.57. The third-order valence-corrected chi connectivity index (χ3v) is 3.11. The molecule has 1 aromatic carbocycles. The van der Waals surface area contributed by atoms with E-state index in [1.165, 1.54) is 18.4 Å². The summed E-state index contributed by atoms with van der Waals surface area (Å²) in [5, 5.41) is 3.51. The minimum atomic E-state index is 0.627. The fraction of sp³-hybridized carbons (Fsp3) is 0.417. The van der Waals surface area contributed by atoms with Gasteiger partial charge >= 0.3 is 0 Å². The summed E-state index contributed by atoms with van der Waals surface area (Å²) in [6.45, 7) is 2.21. The summed E-state index contributed by atoms with van der Waals surface area (Å²) in [5.74, 6) is 0. The Kier molecular flexibility index (Phi) is 2.18.